The van der Waals surface area contributed by atoms with Gasteiger partial charge in [-0.1, -0.05) is 30.3 Å². The van der Waals surface area contributed by atoms with Crippen molar-refractivity contribution in [2.75, 3.05) is 33.2 Å². The number of rotatable bonds is 3. The van der Waals surface area contributed by atoms with Gasteiger partial charge in [-0.05, 0) is 44.5 Å². The van der Waals surface area contributed by atoms with Crippen LogP contribution in [0, 0.1) is 5.92 Å². The van der Waals surface area contributed by atoms with E-state index in [9.17, 15) is 4.79 Å². The van der Waals surface area contributed by atoms with Crippen molar-refractivity contribution < 1.29 is 4.79 Å². The Kier molecular flexibility index (Phi) is 4.03. The standard InChI is InChI=1S/C16H23N3O/c1-18-9-7-13(8-10-18)12-19-15(20)11-17-16(19)14-5-3-2-4-6-14/h2-6,13,16-17H,7-12H2,1H3. The van der Waals surface area contributed by atoms with Crippen LogP contribution in [0.15, 0.2) is 30.3 Å². The maximum atomic E-state index is 12.1. The molecule has 0 spiro atoms. The van der Waals surface area contributed by atoms with E-state index in [4.69, 9.17) is 0 Å². The third-order valence-electron chi connectivity index (χ3n) is 4.49. The summed E-state index contributed by atoms with van der Waals surface area (Å²) >= 11 is 0. The number of amides is 1. The summed E-state index contributed by atoms with van der Waals surface area (Å²) in [5, 5.41) is 3.34. The van der Waals surface area contributed by atoms with Gasteiger partial charge in [0.1, 0.15) is 6.17 Å². The van der Waals surface area contributed by atoms with Gasteiger partial charge in [0.15, 0.2) is 0 Å². The van der Waals surface area contributed by atoms with Crippen LogP contribution in [-0.4, -0.2) is 48.9 Å². The Hall–Kier alpha value is -1.39. The number of nitrogens with one attached hydrogen (secondary N) is 1. The molecule has 1 unspecified atom stereocenters. The first kappa shape index (κ1) is 13.6. The van der Waals surface area contributed by atoms with Crippen LogP contribution in [-0.2, 0) is 4.79 Å². The summed E-state index contributed by atoms with van der Waals surface area (Å²) in [6, 6.07) is 10.3. The van der Waals surface area contributed by atoms with Crippen molar-refractivity contribution in [1.29, 1.82) is 0 Å². The Bertz CT molecular complexity index is 454. The van der Waals surface area contributed by atoms with E-state index in [0.29, 0.717) is 12.5 Å². The van der Waals surface area contributed by atoms with Gasteiger partial charge in [-0.25, -0.2) is 0 Å². The Morgan fingerprint density at radius 2 is 1.90 bits per heavy atom. The van der Waals surface area contributed by atoms with Crippen molar-refractivity contribution in [3.8, 4) is 0 Å². The van der Waals surface area contributed by atoms with Gasteiger partial charge in [-0.2, -0.15) is 0 Å². The molecular formula is C16H23N3O. The fourth-order valence-corrected chi connectivity index (χ4v) is 3.20. The van der Waals surface area contributed by atoms with Gasteiger partial charge in [-0.15, -0.1) is 0 Å². The lowest BCUT2D eigenvalue weighted by Crippen LogP contribution is -2.39. The van der Waals surface area contributed by atoms with Crippen molar-refractivity contribution in [3.05, 3.63) is 35.9 Å². The minimum atomic E-state index is 0.0587. The van der Waals surface area contributed by atoms with Gasteiger partial charge in [0.2, 0.25) is 5.91 Å². The molecule has 1 amide bonds. The van der Waals surface area contributed by atoms with Crippen LogP contribution in [0.4, 0.5) is 0 Å². The van der Waals surface area contributed by atoms with Crippen LogP contribution in [0.5, 0.6) is 0 Å². The predicted molar refractivity (Wildman–Crippen MR) is 79.1 cm³/mol. The van der Waals surface area contributed by atoms with Crippen LogP contribution in [0.3, 0.4) is 0 Å². The third-order valence-corrected chi connectivity index (χ3v) is 4.49. The monoisotopic (exact) mass is 273 g/mol. The first-order chi connectivity index (χ1) is 9.74. The van der Waals surface area contributed by atoms with Gasteiger partial charge in [0.05, 0.1) is 6.54 Å². The lowest BCUT2D eigenvalue weighted by atomic mass is 9.96. The molecule has 4 heteroatoms. The fourth-order valence-electron chi connectivity index (χ4n) is 3.20. The fraction of sp³-hybridized carbons (Fsp3) is 0.562. The van der Waals surface area contributed by atoms with Crippen LogP contribution >= 0.6 is 0 Å². The third kappa shape index (κ3) is 2.86. The molecule has 108 valence electrons. The smallest absolute Gasteiger partial charge is 0.238 e. The topological polar surface area (TPSA) is 35.6 Å². The van der Waals surface area contributed by atoms with Crippen LogP contribution < -0.4 is 5.32 Å². The molecule has 2 heterocycles. The highest BCUT2D eigenvalue weighted by atomic mass is 16.2. The van der Waals surface area contributed by atoms with Crippen molar-refractivity contribution in [3.63, 3.8) is 0 Å². The Balaban J connectivity index is 1.68. The average molecular weight is 273 g/mol. The maximum Gasteiger partial charge on any atom is 0.238 e. The lowest BCUT2D eigenvalue weighted by molar-refractivity contribution is -0.128. The summed E-state index contributed by atoms with van der Waals surface area (Å²) in [5.41, 5.74) is 1.19. The SMILES string of the molecule is CN1CCC(CN2C(=O)CNC2c2ccccc2)CC1. The summed E-state index contributed by atoms with van der Waals surface area (Å²) in [6.07, 6.45) is 2.45. The highest BCUT2D eigenvalue weighted by molar-refractivity contribution is 5.81. The molecule has 3 rings (SSSR count). The molecule has 4 nitrogen and oxygen atoms in total. The number of hydrogen-bond donors (Lipinski definition) is 1. The quantitative estimate of drug-likeness (QED) is 0.905. The molecule has 1 N–H and O–H groups in total. The summed E-state index contributed by atoms with van der Waals surface area (Å²) in [5.74, 6) is 0.874. The normalized spacial score (nSPS) is 25.4. The molecule has 1 aromatic rings. The number of benzene rings is 1. The number of piperidine rings is 1. The first-order valence-electron chi connectivity index (χ1n) is 7.50. The largest absolute Gasteiger partial charge is 0.322 e. The van der Waals surface area contributed by atoms with Crippen molar-refractivity contribution >= 4 is 5.91 Å². The predicted octanol–water partition coefficient (Wildman–Crippen LogP) is 1.46. The van der Waals surface area contributed by atoms with Crippen molar-refractivity contribution in [2.45, 2.75) is 19.0 Å². The molecule has 2 fully saturated rings. The molecule has 2 aliphatic rings. The van der Waals surface area contributed by atoms with E-state index in [2.05, 4.69) is 29.4 Å². The average Bonchev–Trinajstić information content (AvgIpc) is 2.84. The molecule has 0 saturated carbocycles. The second-order valence-corrected chi connectivity index (χ2v) is 5.99. The molecular weight excluding hydrogens is 250 g/mol. The Morgan fingerprint density at radius 3 is 2.60 bits per heavy atom. The summed E-state index contributed by atoms with van der Waals surface area (Å²) < 4.78 is 0. The van der Waals surface area contributed by atoms with Gasteiger partial charge in [-0.3, -0.25) is 10.1 Å². The zero-order valence-electron chi connectivity index (χ0n) is 12.1. The number of nitrogens with zero attached hydrogens (tertiary/aromatic N) is 2. The van der Waals surface area contributed by atoms with E-state index in [1.807, 2.05) is 23.1 Å². The van der Waals surface area contributed by atoms with Gasteiger partial charge in [0.25, 0.3) is 0 Å². The molecule has 1 atom stereocenters. The summed E-state index contributed by atoms with van der Waals surface area (Å²) in [7, 11) is 2.17. The minimum absolute atomic E-state index is 0.0587. The molecule has 2 saturated heterocycles. The van der Waals surface area contributed by atoms with Gasteiger partial charge >= 0.3 is 0 Å². The van der Waals surface area contributed by atoms with Crippen LogP contribution in [0.25, 0.3) is 0 Å². The second-order valence-electron chi connectivity index (χ2n) is 5.99. The van der Waals surface area contributed by atoms with Crippen LogP contribution in [0.1, 0.15) is 24.6 Å². The zero-order chi connectivity index (χ0) is 13.9. The molecule has 0 radical (unpaired) electrons. The lowest BCUT2D eigenvalue weighted by Gasteiger charge is -2.33. The molecule has 20 heavy (non-hydrogen) atoms. The van der Waals surface area contributed by atoms with E-state index in [-0.39, 0.29) is 12.1 Å². The Labute approximate surface area is 120 Å². The molecule has 2 aliphatic heterocycles. The minimum Gasteiger partial charge on any atom is -0.322 e. The van der Waals surface area contributed by atoms with Crippen molar-refractivity contribution in [1.82, 2.24) is 15.1 Å². The Morgan fingerprint density at radius 1 is 1.20 bits per heavy atom. The molecule has 0 aromatic heterocycles. The van der Waals surface area contributed by atoms with Crippen molar-refractivity contribution in [2.24, 2.45) is 5.92 Å². The van der Waals surface area contributed by atoms with E-state index >= 15 is 0 Å². The van der Waals surface area contributed by atoms with Crippen LogP contribution in [0.2, 0.25) is 0 Å². The number of carbonyl (C=O) groups excluding carboxylic acids is 1. The summed E-state index contributed by atoms with van der Waals surface area (Å²) in [4.78, 5) is 16.6. The highest BCUT2D eigenvalue weighted by Crippen LogP contribution is 2.26. The molecule has 0 bridgehead atoms. The van der Waals surface area contributed by atoms with E-state index in [1.54, 1.807) is 0 Å². The van der Waals surface area contributed by atoms with Gasteiger partial charge < -0.3 is 9.80 Å². The number of carbonyl (C=O) groups is 1. The van der Waals surface area contributed by atoms with E-state index < -0.39 is 0 Å². The zero-order valence-corrected chi connectivity index (χ0v) is 12.1. The maximum absolute atomic E-state index is 12.1. The van der Waals surface area contributed by atoms with E-state index in [0.717, 1.165) is 19.6 Å². The van der Waals surface area contributed by atoms with E-state index in [1.165, 1.54) is 18.4 Å². The highest BCUT2D eigenvalue weighted by Gasteiger charge is 2.33. The number of likely N-dealkylation sites (tertiary alicyclic amines) is 1. The molecule has 0 aliphatic carbocycles. The number of hydrogen-bond acceptors (Lipinski definition) is 3. The molecule has 1 aromatic carbocycles. The summed E-state index contributed by atoms with van der Waals surface area (Å²) in [6.45, 7) is 3.65. The second kappa shape index (κ2) is 5.94. The first-order valence-corrected chi connectivity index (χ1v) is 7.50. The van der Waals surface area contributed by atoms with Gasteiger partial charge in [0, 0.05) is 6.54 Å².